The number of rotatable bonds is 2. The zero-order chi connectivity index (χ0) is 10.2. The van der Waals surface area contributed by atoms with Gasteiger partial charge in [0.05, 0.1) is 9.89 Å². The van der Waals surface area contributed by atoms with Gasteiger partial charge >= 0.3 is 0 Å². The molecule has 0 amide bonds. The molecule has 2 N–H and O–H groups in total. The van der Waals surface area contributed by atoms with E-state index in [1.807, 2.05) is 0 Å². The number of nitrogens with two attached hydrogens (primary N) is 1. The Bertz CT molecular complexity index is 328. The van der Waals surface area contributed by atoms with Gasteiger partial charge in [0.25, 0.3) is 0 Å². The molecule has 1 aliphatic rings. The number of hydrogen-bond acceptors (Lipinski definition) is 3. The third-order valence-corrected chi connectivity index (χ3v) is 4.50. The summed E-state index contributed by atoms with van der Waals surface area (Å²) in [6.07, 6.45) is 2.05. The maximum absolute atomic E-state index is 6.31. The van der Waals surface area contributed by atoms with Crippen molar-refractivity contribution in [3.05, 3.63) is 20.8 Å². The van der Waals surface area contributed by atoms with Crippen LogP contribution in [0, 0.1) is 0 Å². The highest BCUT2D eigenvalue weighted by Gasteiger charge is 2.37. The van der Waals surface area contributed by atoms with Gasteiger partial charge < -0.3 is 10.5 Å². The second-order valence-electron chi connectivity index (χ2n) is 3.88. The third-order valence-electron chi connectivity index (χ3n) is 2.88. The van der Waals surface area contributed by atoms with Gasteiger partial charge in [0.15, 0.2) is 0 Å². The fourth-order valence-corrected chi connectivity index (χ4v) is 3.42. The molecule has 2 atom stereocenters. The monoisotopic (exact) mass is 275 g/mol. The highest BCUT2D eigenvalue weighted by Crippen LogP contribution is 2.31. The van der Waals surface area contributed by atoms with Crippen LogP contribution in [0.3, 0.4) is 0 Å². The van der Waals surface area contributed by atoms with E-state index in [4.69, 9.17) is 10.5 Å². The second kappa shape index (κ2) is 3.93. The lowest BCUT2D eigenvalue weighted by Crippen LogP contribution is -2.47. The minimum Gasteiger partial charge on any atom is -0.377 e. The molecule has 2 nitrogen and oxygen atoms in total. The van der Waals surface area contributed by atoms with Gasteiger partial charge in [-0.25, -0.2) is 0 Å². The van der Waals surface area contributed by atoms with Gasteiger partial charge in [-0.05, 0) is 41.4 Å². The fraction of sp³-hybridized carbons (Fsp3) is 0.600. The predicted octanol–water partition coefficient (Wildman–Crippen LogP) is 2.56. The molecule has 1 saturated heterocycles. The molecule has 4 heteroatoms. The van der Waals surface area contributed by atoms with Crippen LogP contribution in [0.25, 0.3) is 0 Å². The number of thiophene rings is 1. The Morgan fingerprint density at radius 1 is 1.71 bits per heavy atom. The summed E-state index contributed by atoms with van der Waals surface area (Å²) in [6.45, 7) is 2.86. The highest BCUT2D eigenvalue weighted by molar-refractivity contribution is 9.11. The van der Waals surface area contributed by atoms with Crippen molar-refractivity contribution in [2.45, 2.75) is 31.4 Å². The van der Waals surface area contributed by atoms with Gasteiger partial charge in [0.2, 0.25) is 0 Å². The Labute approximate surface area is 96.6 Å². The van der Waals surface area contributed by atoms with Crippen molar-refractivity contribution in [3.8, 4) is 0 Å². The fourth-order valence-electron chi connectivity index (χ4n) is 1.80. The van der Waals surface area contributed by atoms with E-state index in [9.17, 15) is 0 Å². The molecular formula is C10H14BrNOS. The van der Waals surface area contributed by atoms with Gasteiger partial charge in [-0.3, -0.25) is 0 Å². The first-order valence-electron chi connectivity index (χ1n) is 4.75. The molecule has 1 fully saturated rings. The summed E-state index contributed by atoms with van der Waals surface area (Å²) >= 11 is 5.22. The number of ether oxygens (including phenoxy) is 1. The van der Waals surface area contributed by atoms with Crippen LogP contribution in [0.1, 0.15) is 18.2 Å². The normalized spacial score (nSPS) is 32.4. The van der Waals surface area contributed by atoms with Crippen molar-refractivity contribution < 1.29 is 4.74 Å². The first-order chi connectivity index (χ1) is 6.60. The molecule has 0 aliphatic carbocycles. The Kier molecular flexibility index (Phi) is 2.98. The summed E-state index contributed by atoms with van der Waals surface area (Å²) in [5, 5.41) is 0. The summed E-state index contributed by atoms with van der Waals surface area (Å²) in [6, 6.07) is 4.21. The molecule has 1 aromatic heterocycles. The molecule has 1 aliphatic heterocycles. The molecule has 0 bridgehead atoms. The van der Waals surface area contributed by atoms with E-state index in [0.29, 0.717) is 0 Å². The maximum atomic E-state index is 6.31. The van der Waals surface area contributed by atoms with Gasteiger partial charge in [-0.1, -0.05) is 0 Å². The van der Waals surface area contributed by atoms with E-state index in [1.165, 1.54) is 8.66 Å². The molecule has 0 saturated carbocycles. The summed E-state index contributed by atoms with van der Waals surface area (Å²) in [5.41, 5.74) is 6.15. The van der Waals surface area contributed by atoms with Gasteiger partial charge in [-0.2, -0.15) is 0 Å². The van der Waals surface area contributed by atoms with E-state index in [1.54, 1.807) is 11.3 Å². The first-order valence-corrected chi connectivity index (χ1v) is 6.36. The SMILES string of the molecule is CC1OCCC1(N)Cc1ccc(Br)s1. The van der Waals surface area contributed by atoms with Crippen LogP contribution in [0.4, 0.5) is 0 Å². The largest absolute Gasteiger partial charge is 0.377 e. The molecule has 2 rings (SSSR count). The lowest BCUT2D eigenvalue weighted by atomic mass is 9.89. The minimum absolute atomic E-state index is 0.162. The van der Waals surface area contributed by atoms with E-state index >= 15 is 0 Å². The highest BCUT2D eigenvalue weighted by atomic mass is 79.9. The van der Waals surface area contributed by atoms with E-state index in [-0.39, 0.29) is 11.6 Å². The Morgan fingerprint density at radius 3 is 3.00 bits per heavy atom. The molecule has 78 valence electrons. The van der Waals surface area contributed by atoms with Gasteiger partial charge in [0, 0.05) is 23.4 Å². The molecule has 0 aromatic carbocycles. The van der Waals surface area contributed by atoms with E-state index in [2.05, 4.69) is 35.0 Å². The van der Waals surface area contributed by atoms with E-state index in [0.717, 1.165) is 19.4 Å². The van der Waals surface area contributed by atoms with Crippen LogP contribution in [0.15, 0.2) is 15.9 Å². The van der Waals surface area contributed by atoms with E-state index < -0.39 is 0 Å². The average molecular weight is 276 g/mol. The van der Waals surface area contributed by atoms with Crippen molar-refractivity contribution in [1.29, 1.82) is 0 Å². The van der Waals surface area contributed by atoms with Gasteiger partial charge in [0.1, 0.15) is 0 Å². The van der Waals surface area contributed by atoms with Crippen LogP contribution >= 0.6 is 27.3 Å². The minimum atomic E-state index is -0.162. The average Bonchev–Trinajstić information content (AvgIpc) is 2.62. The Morgan fingerprint density at radius 2 is 2.50 bits per heavy atom. The smallest absolute Gasteiger partial charge is 0.0730 e. The second-order valence-corrected chi connectivity index (χ2v) is 6.43. The molecule has 2 unspecified atom stereocenters. The molecule has 14 heavy (non-hydrogen) atoms. The van der Waals surface area contributed by atoms with Crippen LogP contribution < -0.4 is 5.73 Å². The molecular weight excluding hydrogens is 262 g/mol. The van der Waals surface area contributed by atoms with Crippen LogP contribution in [-0.4, -0.2) is 18.2 Å². The predicted molar refractivity (Wildman–Crippen MR) is 62.7 cm³/mol. The summed E-state index contributed by atoms with van der Waals surface area (Å²) in [4.78, 5) is 1.33. The summed E-state index contributed by atoms with van der Waals surface area (Å²) in [7, 11) is 0. The summed E-state index contributed by atoms with van der Waals surface area (Å²) in [5.74, 6) is 0. The van der Waals surface area contributed by atoms with Crippen LogP contribution in [0.2, 0.25) is 0 Å². The maximum Gasteiger partial charge on any atom is 0.0730 e. The molecule has 2 heterocycles. The zero-order valence-corrected chi connectivity index (χ0v) is 10.5. The first kappa shape index (κ1) is 10.6. The van der Waals surface area contributed by atoms with Crippen LogP contribution in [0.5, 0.6) is 0 Å². The van der Waals surface area contributed by atoms with Crippen molar-refractivity contribution in [3.63, 3.8) is 0 Å². The standard InChI is InChI=1S/C10H14BrNOS/c1-7-10(12,4-5-13-7)6-8-2-3-9(11)14-8/h2-3,7H,4-6,12H2,1H3. The van der Waals surface area contributed by atoms with Crippen molar-refractivity contribution in [2.24, 2.45) is 5.73 Å². The molecule has 0 radical (unpaired) electrons. The van der Waals surface area contributed by atoms with Crippen LogP contribution in [-0.2, 0) is 11.2 Å². The van der Waals surface area contributed by atoms with Gasteiger partial charge in [-0.15, -0.1) is 11.3 Å². The topological polar surface area (TPSA) is 35.2 Å². The Balaban J connectivity index is 2.10. The molecule has 1 aromatic rings. The van der Waals surface area contributed by atoms with Crippen molar-refractivity contribution in [1.82, 2.24) is 0 Å². The zero-order valence-electron chi connectivity index (χ0n) is 8.13. The third kappa shape index (κ3) is 2.03. The van der Waals surface area contributed by atoms with Crippen molar-refractivity contribution in [2.75, 3.05) is 6.61 Å². The number of hydrogen-bond donors (Lipinski definition) is 1. The number of halogens is 1. The lowest BCUT2D eigenvalue weighted by molar-refractivity contribution is 0.0957. The quantitative estimate of drug-likeness (QED) is 0.901. The molecule has 0 spiro atoms. The Hall–Kier alpha value is 0.1000. The van der Waals surface area contributed by atoms with Crippen molar-refractivity contribution >= 4 is 27.3 Å². The lowest BCUT2D eigenvalue weighted by Gasteiger charge is -2.26. The summed E-state index contributed by atoms with van der Waals surface area (Å²) < 4.78 is 6.68.